The molecule has 0 aromatic heterocycles. The molecule has 96 valence electrons. The van der Waals surface area contributed by atoms with E-state index in [0.717, 1.165) is 25.9 Å². The van der Waals surface area contributed by atoms with E-state index in [0.29, 0.717) is 11.8 Å². The van der Waals surface area contributed by atoms with Gasteiger partial charge in [0.2, 0.25) is 5.91 Å². The van der Waals surface area contributed by atoms with Gasteiger partial charge >= 0.3 is 0 Å². The highest BCUT2D eigenvalue weighted by Gasteiger charge is 2.37. The predicted octanol–water partition coefficient (Wildman–Crippen LogP) is 1.75. The van der Waals surface area contributed by atoms with E-state index >= 15 is 0 Å². The average molecular weight is 236 g/mol. The summed E-state index contributed by atoms with van der Waals surface area (Å²) in [5, 5.41) is 0. The molecule has 0 saturated carbocycles. The number of likely N-dealkylation sites (tertiary alicyclic amines) is 1. The van der Waals surface area contributed by atoms with Gasteiger partial charge in [-0.25, -0.2) is 0 Å². The number of carbonyl (C=O) groups is 1. The van der Waals surface area contributed by atoms with Crippen LogP contribution in [0.4, 0.5) is 0 Å². The van der Waals surface area contributed by atoms with Crippen molar-refractivity contribution in [3.05, 3.63) is 11.6 Å². The van der Waals surface area contributed by atoms with Crippen LogP contribution >= 0.6 is 0 Å². The summed E-state index contributed by atoms with van der Waals surface area (Å²) in [5.74, 6) is 1.14. The number of rotatable bonds is 3. The molecule has 2 rings (SSSR count). The van der Waals surface area contributed by atoms with Crippen LogP contribution < -0.4 is 0 Å². The second-order valence-electron chi connectivity index (χ2n) is 5.59. The van der Waals surface area contributed by atoms with Crippen LogP contribution in [0.3, 0.4) is 0 Å². The van der Waals surface area contributed by atoms with Gasteiger partial charge in [-0.1, -0.05) is 18.6 Å². The third kappa shape index (κ3) is 2.71. The standard InChI is InChI=1S/C14H24N2O/c1-4-13-12(10-16(3)14(13)17)8-11-6-5-7-15(2)9-11/h6,12-13H,4-5,7-10H2,1-3H3. The number of nitrogens with zero attached hydrogens (tertiary/aromatic N) is 2. The van der Waals surface area contributed by atoms with Crippen molar-refractivity contribution >= 4 is 5.91 Å². The molecule has 0 aromatic carbocycles. The molecule has 1 amide bonds. The van der Waals surface area contributed by atoms with Crippen LogP contribution in [0.2, 0.25) is 0 Å². The summed E-state index contributed by atoms with van der Waals surface area (Å²) in [5.41, 5.74) is 1.53. The maximum atomic E-state index is 11.9. The Kier molecular flexibility index (Phi) is 3.87. The summed E-state index contributed by atoms with van der Waals surface area (Å²) in [7, 11) is 4.11. The SMILES string of the molecule is CCC1C(=O)N(C)CC1CC1=CCCN(C)C1. The van der Waals surface area contributed by atoms with Crippen LogP contribution in [0.1, 0.15) is 26.2 Å². The molecule has 2 atom stereocenters. The Labute approximate surface area is 104 Å². The number of hydrogen-bond donors (Lipinski definition) is 0. The fourth-order valence-electron chi connectivity index (χ4n) is 3.23. The van der Waals surface area contributed by atoms with Crippen molar-refractivity contribution in [3.63, 3.8) is 0 Å². The first-order valence-electron chi connectivity index (χ1n) is 6.73. The summed E-state index contributed by atoms with van der Waals surface area (Å²) in [4.78, 5) is 16.2. The summed E-state index contributed by atoms with van der Waals surface area (Å²) in [6, 6.07) is 0. The van der Waals surface area contributed by atoms with E-state index < -0.39 is 0 Å². The van der Waals surface area contributed by atoms with E-state index in [1.807, 2.05) is 11.9 Å². The van der Waals surface area contributed by atoms with Gasteiger partial charge < -0.3 is 9.80 Å². The van der Waals surface area contributed by atoms with Gasteiger partial charge in [0.1, 0.15) is 0 Å². The molecule has 2 aliphatic heterocycles. The van der Waals surface area contributed by atoms with Crippen LogP contribution in [-0.2, 0) is 4.79 Å². The maximum Gasteiger partial charge on any atom is 0.225 e. The lowest BCUT2D eigenvalue weighted by molar-refractivity contribution is -0.130. The molecule has 1 fully saturated rings. The van der Waals surface area contributed by atoms with Gasteiger partial charge in [0.25, 0.3) is 0 Å². The smallest absolute Gasteiger partial charge is 0.225 e. The summed E-state index contributed by atoms with van der Waals surface area (Å²) in [6.07, 6.45) is 5.64. The molecular formula is C14H24N2O. The monoisotopic (exact) mass is 236 g/mol. The topological polar surface area (TPSA) is 23.6 Å². The van der Waals surface area contributed by atoms with Crippen LogP contribution in [0.5, 0.6) is 0 Å². The zero-order valence-electron chi connectivity index (χ0n) is 11.3. The Hall–Kier alpha value is -0.830. The normalized spacial score (nSPS) is 30.9. The molecule has 2 aliphatic rings. The largest absolute Gasteiger partial charge is 0.345 e. The van der Waals surface area contributed by atoms with Crippen LogP contribution in [0, 0.1) is 11.8 Å². The first-order valence-corrected chi connectivity index (χ1v) is 6.73. The van der Waals surface area contributed by atoms with Crippen molar-refractivity contribution in [2.24, 2.45) is 11.8 Å². The molecule has 2 unspecified atom stereocenters. The molecule has 0 radical (unpaired) electrons. The van der Waals surface area contributed by atoms with Crippen molar-refractivity contribution in [2.45, 2.75) is 26.2 Å². The second kappa shape index (κ2) is 5.21. The lowest BCUT2D eigenvalue weighted by Gasteiger charge is -2.25. The molecular weight excluding hydrogens is 212 g/mol. The molecule has 0 N–H and O–H groups in total. The minimum atomic E-state index is 0.258. The number of likely N-dealkylation sites (N-methyl/N-ethyl adjacent to an activating group) is 1. The molecule has 3 heteroatoms. The van der Waals surface area contributed by atoms with Crippen LogP contribution in [0.25, 0.3) is 0 Å². The van der Waals surface area contributed by atoms with Gasteiger partial charge in [-0.05, 0) is 32.2 Å². The Bertz CT molecular complexity index is 324. The molecule has 3 nitrogen and oxygen atoms in total. The fourth-order valence-corrected chi connectivity index (χ4v) is 3.23. The summed E-state index contributed by atoms with van der Waals surface area (Å²) in [6.45, 7) is 5.34. The highest BCUT2D eigenvalue weighted by molar-refractivity contribution is 5.81. The minimum absolute atomic E-state index is 0.258. The first kappa shape index (κ1) is 12.6. The van der Waals surface area contributed by atoms with E-state index in [1.165, 1.54) is 18.5 Å². The van der Waals surface area contributed by atoms with Crippen molar-refractivity contribution in [1.82, 2.24) is 9.80 Å². The molecule has 17 heavy (non-hydrogen) atoms. The van der Waals surface area contributed by atoms with Gasteiger partial charge in [0.05, 0.1) is 0 Å². The van der Waals surface area contributed by atoms with Gasteiger partial charge in [0, 0.05) is 32.6 Å². The Balaban J connectivity index is 1.99. The third-order valence-corrected chi connectivity index (χ3v) is 4.15. The average Bonchev–Trinajstić information content (AvgIpc) is 2.54. The lowest BCUT2D eigenvalue weighted by atomic mass is 9.86. The van der Waals surface area contributed by atoms with Crippen molar-refractivity contribution in [2.75, 3.05) is 33.7 Å². The molecule has 2 heterocycles. The van der Waals surface area contributed by atoms with E-state index in [-0.39, 0.29) is 5.92 Å². The predicted molar refractivity (Wildman–Crippen MR) is 69.7 cm³/mol. The molecule has 0 aromatic rings. The Morgan fingerprint density at radius 1 is 1.41 bits per heavy atom. The van der Waals surface area contributed by atoms with Crippen molar-refractivity contribution < 1.29 is 4.79 Å². The zero-order chi connectivity index (χ0) is 12.4. The summed E-state index contributed by atoms with van der Waals surface area (Å²) >= 11 is 0. The maximum absolute atomic E-state index is 11.9. The van der Waals surface area contributed by atoms with Gasteiger partial charge in [0.15, 0.2) is 0 Å². The quantitative estimate of drug-likeness (QED) is 0.697. The second-order valence-corrected chi connectivity index (χ2v) is 5.59. The molecule has 1 saturated heterocycles. The minimum Gasteiger partial charge on any atom is -0.345 e. The molecule has 0 bridgehead atoms. The van der Waals surface area contributed by atoms with Crippen LogP contribution in [-0.4, -0.2) is 49.4 Å². The summed E-state index contributed by atoms with van der Waals surface area (Å²) < 4.78 is 0. The Morgan fingerprint density at radius 3 is 2.82 bits per heavy atom. The van der Waals surface area contributed by atoms with Gasteiger partial charge in [-0.15, -0.1) is 0 Å². The molecule has 0 spiro atoms. The van der Waals surface area contributed by atoms with E-state index in [4.69, 9.17) is 0 Å². The van der Waals surface area contributed by atoms with E-state index in [1.54, 1.807) is 0 Å². The third-order valence-electron chi connectivity index (χ3n) is 4.15. The van der Waals surface area contributed by atoms with Gasteiger partial charge in [-0.3, -0.25) is 4.79 Å². The van der Waals surface area contributed by atoms with E-state index in [9.17, 15) is 4.79 Å². The number of amides is 1. The fraction of sp³-hybridized carbons (Fsp3) is 0.786. The first-order chi connectivity index (χ1) is 8.11. The van der Waals surface area contributed by atoms with E-state index in [2.05, 4.69) is 24.9 Å². The highest BCUT2D eigenvalue weighted by Crippen LogP contribution is 2.32. The van der Waals surface area contributed by atoms with Crippen LogP contribution in [0.15, 0.2) is 11.6 Å². The lowest BCUT2D eigenvalue weighted by Crippen LogP contribution is -2.27. The van der Waals surface area contributed by atoms with Gasteiger partial charge in [-0.2, -0.15) is 0 Å². The van der Waals surface area contributed by atoms with Crippen molar-refractivity contribution in [3.8, 4) is 0 Å². The number of carbonyl (C=O) groups excluding carboxylic acids is 1. The highest BCUT2D eigenvalue weighted by atomic mass is 16.2. The zero-order valence-corrected chi connectivity index (χ0v) is 11.3. The number of hydrogen-bond acceptors (Lipinski definition) is 2. The van der Waals surface area contributed by atoms with Crippen molar-refractivity contribution in [1.29, 1.82) is 0 Å². The molecule has 0 aliphatic carbocycles. The Morgan fingerprint density at radius 2 is 2.18 bits per heavy atom.